The van der Waals surface area contributed by atoms with Gasteiger partial charge in [-0.15, -0.1) is 0 Å². The van der Waals surface area contributed by atoms with Crippen LogP contribution in [0.15, 0.2) is 42.9 Å². The molecule has 2 aromatic rings. The molecule has 22 heavy (non-hydrogen) atoms. The van der Waals surface area contributed by atoms with E-state index in [1.807, 2.05) is 30.3 Å². The van der Waals surface area contributed by atoms with Gasteiger partial charge in [-0.1, -0.05) is 30.3 Å². The normalized spacial score (nSPS) is 13.3. The van der Waals surface area contributed by atoms with Crippen LogP contribution in [0.4, 0.5) is 0 Å². The molecule has 0 fully saturated rings. The van der Waals surface area contributed by atoms with Gasteiger partial charge in [0.05, 0.1) is 12.0 Å². The Labute approximate surface area is 127 Å². The predicted octanol–water partition coefficient (Wildman–Crippen LogP) is 0.612. The molecule has 7 heteroatoms. The first kappa shape index (κ1) is 15.7. The van der Waals surface area contributed by atoms with Gasteiger partial charge in [0.1, 0.15) is 6.04 Å². The summed E-state index contributed by atoms with van der Waals surface area (Å²) < 4.78 is 0. The number of H-pyrrole nitrogens is 1. The van der Waals surface area contributed by atoms with Crippen LogP contribution in [-0.2, 0) is 16.0 Å². The number of carbonyl (C=O) groups is 2. The number of aromatic amines is 1. The second kappa shape index (κ2) is 7.37. The van der Waals surface area contributed by atoms with E-state index in [0.29, 0.717) is 5.69 Å². The van der Waals surface area contributed by atoms with E-state index in [0.717, 1.165) is 5.56 Å². The molecule has 0 bridgehead atoms. The highest BCUT2D eigenvalue weighted by Gasteiger charge is 2.22. The number of nitrogens with two attached hydrogens (primary N) is 1. The van der Waals surface area contributed by atoms with Crippen LogP contribution in [0.2, 0.25) is 0 Å². The van der Waals surface area contributed by atoms with Crippen molar-refractivity contribution in [1.82, 2.24) is 15.3 Å². The molecule has 2 rings (SSSR count). The lowest BCUT2D eigenvalue weighted by atomic mass is 10.0. The van der Waals surface area contributed by atoms with Crippen LogP contribution in [0.5, 0.6) is 0 Å². The van der Waals surface area contributed by atoms with Gasteiger partial charge in [0, 0.05) is 25.1 Å². The maximum absolute atomic E-state index is 12.0. The van der Waals surface area contributed by atoms with E-state index in [9.17, 15) is 14.7 Å². The van der Waals surface area contributed by atoms with Crippen LogP contribution in [0.3, 0.4) is 0 Å². The van der Waals surface area contributed by atoms with Crippen molar-refractivity contribution in [3.63, 3.8) is 0 Å². The third kappa shape index (κ3) is 4.42. The molecule has 0 spiro atoms. The summed E-state index contributed by atoms with van der Waals surface area (Å²) in [6.07, 6.45) is 3.19. The highest BCUT2D eigenvalue weighted by Crippen LogP contribution is 2.13. The number of aliphatic carboxylic acids is 1. The van der Waals surface area contributed by atoms with E-state index in [1.165, 1.54) is 6.33 Å². The molecule has 0 aliphatic heterocycles. The maximum Gasteiger partial charge on any atom is 0.326 e. The molecule has 0 saturated heterocycles. The average molecular weight is 302 g/mol. The molecule has 1 amide bonds. The van der Waals surface area contributed by atoms with Gasteiger partial charge in [0.15, 0.2) is 0 Å². The number of aromatic nitrogens is 2. The van der Waals surface area contributed by atoms with Crippen molar-refractivity contribution in [1.29, 1.82) is 0 Å². The molecule has 0 unspecified atom stereocenters. The SMILES string of the molecule is N[C@@H](CC(=O)N[C@H](Cc1c[nH]cn1)C(=O)O)c1ccccc1. The molecule has 1 aromatic heterocycles. The minimum Gasteiger partial charge on any atom is -0.480 e. The Hall–Kier alpha value is -2.67. The molecule has 0 saturated carbocycles. The third-order valence-corrected chi connectivity index (χ3v) is 3.23. The standard InChI is InChI=1S/C15H18N4O3/c16-12(10-4-2-1-3-5-10)7-14(20)19-13(15(21)22)6-11-8-17-9-18-11/h1-5,8-9,12-13H,6-7,16H2,(H,17,18)(H,19,20)(H,21,22)/t12-,13+/m0/s1. The Kier molecular flexibility index (Phi) is 5.26. The number of rotatable bonds is 7. The zero-order valence-electron chi connectivity index (χ0n) is 11.9. The topological polar surface area (TPSA) is 121 Å². The zero-order chi connectivity index (χ0) is 15.9. The van der Waals surface area contributed by atoms with Gasteiger partial charge >= 0.3 is 5.97 Å². The molecule has 0 aliphatic carbocycles. The fourth-order valence-corrected chi connectivity index (χ4v) is 2.08. The number of benzene rings is 1. The molecule has 0 radical (unpaired) electrons. The first-order valence-electron chi connectivity index (χ1n) is 6.86. The summed E-state index contributed by atoms with van der Waals surface area (Å²) >= 11 is 0. The van der Waals surface area contributed by atoms with Gasteiger partial charge in [-0.3, -0.25) is 4.79 Å². The molecule has 1 heterocycles. The summed E-state index contributed by atoms with van der Waals surface area (Å²) in [6.45, 7) is 0. The minimum atomic E-state index is -1.11. The molecule has 1 aromatic carbocycles. The summed E-state index contributed by atoms with van der Waals surface area (Å²) in [4.78, 5) is 29.9. The monoisotopic (exact) mass is 302 g/mol. The highest BCUT2D eigenvalue weighted by atomic mass is 16.4. The first-order valence-corrected chi connectivity index (χ1v) is 6.86. The Morgan fingerprint density at radius 1 is 1.32 bits per heavy atom. The van der Waals surface area contributed by atoms with Crippen LogP contribution in [0.25, 0.3) is 0 Å². The van der Waals surface area contributed by atoms with E-state index in [-0.39, 0.29) is 12.8 Å². The number of nitrogens with one attached hydrogen (secondary N) is 2. The molecule has 0 aliphatic rings. The van der Waals surface area contributed by atoms with Crippen LogP contribution < -0.4 is 11.1 Å². The summed E-state index contributed by atoms with van der Waals surface area (Å²) in [5, 5.41) is 11.7. The average Bonchev–Trinajstić information content (AvgIpc) is 3.00. The van der Waals surface area contributed by atoms with Crippen molar-refractivity contribution in [3.05, 3.63) is 54.1 Å². The second-order valence-electron chi connectivity index (χ2n) is 4.94. The number of carboxylic acid groups (broad SMARTS) is 1. The van der Waals surface area contributed by atoms with Crippen molar-refractivity contribution in [3.8, 4) is 0 Å². The summed E-state index contributed by atoms with van der Waals surface area (Å²) in [6, 6.07) is 7.70. The van der Waals surface area contributed by atoms with Crippen molar-refractivity contribution in [2.45, 2.75) is 24.9 Å². The van der Waals surface area contributed by atoms with Crippen molar-refractivity contribution < 1.29 is 14.7 Å². The lowest BCUT2D eigenvalue weighted by Crippen LogP contribution is -2.43. The Morgan fingerprint density at radius 3 is 2.64 bits per heavy atom. The predicted molar refractivity (Wildman–Crippen MR) is 79.8 cm³/mol. The Balaban J connectivity index is 1.92. The smallest absolute Gasteiger partial charge is 0.326 e. The number of carbonyl (C=O) groups excluding carboxylic acids is 1. The molecule has 2 atom stereocenters. The highest BCUT2D eigenvalue weighted by molar-refractivity contribution is 5.84. The Morgan fingerprint density at radius 2 is 2.05 bits per heavy atom. The molecule has 7 nitrogen and oxygen atoms in total. The fourth-order valence-electron chi connectivity index (χ4n) is 2.08. The second-order valence-corrected chi connectivity index (χ2v) is 4.94. The van der Waals surface area contributed by atoms with E-state index in [2.05, 4.69) is 15.3 Å². The van der Waals surface area contributed by atoms with Gasteiger partial charge in [-0.05, 0) is 5.56 Å². The minimum absolute atomic E-state index is 0.0222. The lowest BCUT2D eigenvalue weighted by Gasteiger charge is -2.16. The largest absolute Gasteiger partial charge is 0.480 e. The summed E-state index contributed by atoms with van der Waals surface area (Å²) in [5.41, 5.74) is 7.36. The molecular weight excluding hydrogens is 284 g/mol. The summed E-state index contributed by atoms with van der Waals surface area (Å²) in [7, 11) is 0. The van der Waals surface area contributed by atoms with Gasteiger partial charge in [0.25, 0.3) is 0 Å². The number of nitrogens with zero attached hydrogens (tertiary/aromatic N) is 1. The van der Waals surface area contributed by atoms with Gasteiger partial charge in [-0.2, -0.15) is 0 Å². The summed E-state index contributed by atoms with van der Waals surface area (Å²) in [5.74, 6) is -1.51. The van der Waals surface area contributed by atoms with Crippen LogP contribution in [-0.4, -0.2) is 33.0 Å². The fraction of sp³-hybridized carbons (Fsp3) is 0.267. The van der Waals surface area contributed by atoms with Gasteiger partial charge in [0.2, 0.25) is 5.91 Å². The van der Waals surface area contributed by atoms with E-state index >= 15 is 0 Å². The Bertz CT molecular complexity index is 613. The molecule has 5 N–H and O–H groups in total. The molecular formula is C15H18N4O3. The number of hydrogen-bond acceptors (Lipinski definition) is 4. The van der Waals surface area contributed by atoms with E-state index in [1.54, 1.807) is 6.20 Å². The quantitative estimate of drug-likeness (QED) is 0.597. The van der Waals surface area contributed by atoms with Gasteiger partial charge < -0.3 is 21.1 Å². The maximum atomic E-state index is 12.0. The number of imidazole rings is 1. The van der Waals surface area contributed by atoms with Crippen LogP contribution >= 0.6 is 0 Å². The van der Waals surface area contributed by atoms with Crippen molar-refractivity contribution >= 4 is 11.9 Å². The lowest BCUT2D eigenvalue weighted by molar-refractivity contribution is -0.141. The van der Waals surface area contributed by atoms with Crippen molar-refractivity contribution in [2.24, 2.45) is 5.73 Å². The van der Waals surface area contributed by atoms with Crippen LogP contribution in [0, 0.1) is 0 Å². The van der Waals surface area contributed by atoms with Gasteiger partial charge in [-0.25, -0.2) is 9.78 Å². The molecule has 116 valence electrons. The van der Waals surface area contributed by atoms with Crippen LogP contribution in [0.1, 0.15) is 23.7 Å². The van der Waals surface area contributed by atoms with E-state index < -0.39 is 24.0 Å². The number of amides is 1. The number of carboxylic acids is 1. The first-order chi connectivity index (χ1) is 10.6. The zero-order valence-corrected chi connectivity index (χ0v) is 11.9. The number of hydrogen-bond donors (Lipinski definition) is 4. The van der Waals surface area contributed by atoms with Crippen molar-refractivity contribution in [2.75, 3.05) is 0 Å². The third-order valence-electron chi connectivity index (χ3n) is 3.23. The van der Waals surface area contributed by atoms with E-state index in [4.69, 9.17) is 5.73 Å².